The number of allylic oxidation sites excluding steroid dienone is 1. The summed E-state index contributed by atoms with van der Waals surface area (Å²) < 4.78 is 0. The van der Waals surface area contributed by atoms with E-state index in [2.05, 4.69) is 4.90 Å². The van der Waals surface area contributed by atoms with Gasteiger partial charge in [0.25, 0.3) is 0 Å². The smallest absolute Gasteiger partial charge is 0.146 e. The summed E-state index contributed by atoms with van der Waals surface area (Å²) in [5.74, 6) is 1.10. The molecule has 0 N–H and O–H groups in total. The number of piperidine rings is 1. The number of aldehydes is 1. The van der Waals surface area contributed by atoms with Gasteiger partial charge in [-0.15, -0.1) is 11.8 Å². The average Bonchev–Trinajstić information content (AvgIpc) is 2.25. The number of hydrogen-bond acceptors (Lipinski definition) is 3. The van der Waals surface area contributed by atoms with Crippen molar-refractivity contribution in [3.8, 4) is 0 Å². The molecular formula is C11H19NOS. The van der Waals surface area contributed by atoms with Crippen LogP contribution in [0.25, 0.3) is 0 Å². The summed E-state index contributed by atoms with van der Waals surface area (Å²) in [5.41, 5.74) is 0.827. The van der Waals surface area contributed by atoms with E-state index >= 15 is 0 Å². The van der Waals surface area contributed by atoms with Crippen LogP contribution in [-0.2, 0) is 4.79 Å². The van der Waals surface area contributed by atoms with Crippen molar-refractivity contribution in [1.29, 1.82) is 0 Å². The number of hydrogen-bond donors (Lipinski definition) is 0. The molecule has 80 valence electrons. The Morgan fingerprint density at radius 2 is 2.07 bits per heavy atom. The van der Waals surface area contributed by atoms with Crippen molar-refractivity contribution in [3.05, 3.63) is 11.0 Å². The molecule has 0 unspecified atom stereocenters. The molecule has 14 heavy (non-hydrogen) atoms. The minimum absolute atomic E-state index is 0.827. The van der Waals surface area contributed by atoms with Gasteiger partial charge >= 0.3 is 0 Å². The van der Waals surface area contributed by atoms with Crippen molar-refractivity contribution in [2.45, 2.75) is 26.2 Å². The number of carbonyl (C=O) groups is 1. The van der Waals surface area contributed by atoms with Crippen LogP contribution in [-0.4, -0.2) is 36.6 Å². The Kier molecular flexibility index (Phi) is 5.96. The minimum Gasteiger partial charge on any atom is -0.303 e. The fourth-order valence-corrected chi connectivity index (χ4v) is 2.38. The Labute approximate surface area is 90.7 Å². The first-order chi connectivity index (χ1) is 6.83. The van der Waals surface area contributed by atoms with Gasteiger partial charge in [-0.25, -0.2) is 0 Å². The van der Waals surface area contributed by atoms with E-state index in [-0.39, 0.29) is 0 Å². The number of thioether (sulfide) groups is 1. The van der Waals surface area contributed by atoms with Gasteiger partial charge in [0.05, 0.1) is 0 Å². The van der Waals surface area contributed by atoms with Crippen molar-refractivity contribution >= 4 is 18.0 Å². The van der Waals surface area contributed by atoms with Crippen LogP contribution in [0.1, 0.15) is 26.2 Å². The Hall–Kier alpha value is -0.280. The van der Waals surface area contributed by atoms with E-state index in [0.29, 0.717) is 0 Å². The molecule has 0 amide bonds. The second kappa shape index (κ2) is 7.07. The molecule has 1 heterocycles. The largest absolute Gasteiger partial charge is 0.303 e. The van der Waals surface area contributed by atoms with E-state index < -0.39 is 0 Å². The maximum Gasteiger partial charge on any atom is 0.146 e. The lowest BCUT2D eigenvalue weighted by Crippen LogP contribution is -2.31. The molecule has 1 rings (SSSR count). The van der Waals surface area contributed by atoms with Crippen LogP contribution in [0.5, 0.6) is 0 Å². The first-order valence-electron chi connectivity index (χ1n) is 5.29. The monoisotopic (exact) mass is 213 g/mol. The highest BCUT2D eigenvalue weighted by atomic mass is 32.2. The van der Waals surface area contributed by atoms with Crippen molar-refractivity contribution in [1.82, 2.24) is 4.90 Å². The van der Waals surface area contributed by atoms with Crippen LogP contribution in [0, 0.1) is 0 Å². The van der Waals surface area contributed by atoms with Gasteiger partial charge in [-0.05, 0) is 43.8 Å². The van der Waals surface area contributed by atoms with E-state index in [9.17, 15) is 4.79 Å². The normalized spacial score (nSPS) is 19.6. The topological polar surface area (TPSA) is 20.3 Å². The van der Waals surface area contributed by atoms with E-state index in [0.717, 1.165) is 24.2 Å². The fourth-order valence-electron chi connectivity index (χ4n) is 1.58. The molecule has 1 aliphatic heterocycles. The maximum atomic E-state index is 10.3. The maximum absolute atomic E-state index is 10.3. The second-order valence-corrected chi connectivity index (χ2v) is 4.73. The molecule has 0 aliphatic carbocycles. The number of likely N-dealkylation sites (tertiary alicyclic amines) is 1. The summed E-state index contributed by atoms with van der Waals surface area (Å²) in [6.07, 6.45) is 5.02. The predicted octanol–water partition coefficient (Wildman–Crippen LogP) is 2.31. The molecule has 1 aliphatic rings. The van der Waals surface area contributed by atoms with Gasteiger partial charge in [-0.1, -0.05) is 6.42 Å². The summed E-state index contributed by atoms with van der Waals surface area (Å²) >= 11 is 1.74. The third-order valence-electron chi connectivity index (χ3n) is 2.43. The summed E-state index contributed by atoms with van der Waals surface area (Å²) in [5, 5.41) is 1.96. The Morgan fingerprint density at radius 1 is 1.36 bits per heavy atom. The summed E-state index contributed by atoms with van der Waals surface area (Å²) in [7, 11) is 0. The highest BCUT2D eigenvalue weighted by Crippen LogP contribution is 2.11. The van der Waals surface area contributed by atoms with Crippen LogP contribution < -0.4 is 0 Å². The van der Waals surface area contributed by atoms with Crippen LogP contribution in [0.4, 0.5) is 0 Å². The zero-order valence-electron chi connectivity index (χ0n) is 8.87. The highest BCUT2D eigenvalue weighted by molar-refractivity contribution is 8.02. The Bertz CT molecular complexity index is 197. The Balaban J connectivity index is 2.05. The molecule has 0 aromatic heterocycles. The molecular weight excluding hydrogens is 194 g/mol. The molecule has 1 fully saturated rings. The second-order valence-electron chi connectivity index (χ2n) is 3.75. The fraction of sp³-hybridized carbons (Fsp3) is 0.727. The van der Waals surface area contributed by atoms with E-state index in [1.807, 2.05) is 12.3 Å². The lowest BCUT2D eigenvalue weighted by molar-refractivity contribution is -0.104. The third-order valence-corrected chi connectivity index (χ3v) is 3.39. The van der Waals surface area contributed by atoms with Gasteiger partial charge in [0.2, 0.25) is 0 Å². The highest BCUT2D eigenvalue weighted by Gasteiger charge is 2.08. The molecule has 3 heteroatoms. The molecule has 0 spiro atoms. The lowest BCUT2D eigenvalue weighted by atomic mass is 10.1. The third kappa shape index (κ3) is 4.82. The molecule has 0 bridgehead atoms. The molecule has 0 aromatic rings. The zero-order valence-corrected chi connectivity index (χ0v) is 9.68. The van der Waals surface area contributed by atoms with Crippen molar-refractivity contribution in [2.24, 2.45) is 0 Å². The molecule has 0 radical (unpaired) electrons. The van der Waals surface area contributed by atoms with Gasteiger partial charge in [0.1, 0.15) is 6.29 Å². The minimum atomic E-state index is 0.827. The number of nitrogens with zero attached hydrogens (tertiary/aromatic N) is 1. The summed E-state index contributed by atoms with van der Waals surface area (Å²) in [6.45, 7) is 5.53. The van der Waals surface area contributed by atoms with E-state index in [1.165, 1.54) is 32.4 Å². The summed E-state index contributed by atoms with van der Waals surface area (Å²) in [6, 6.07) is 0. The number of rotatable bonds is 5. The van der Waals surface area contributed by atoms with E-state index in [1.54, 1.807) is 11.8 Å². The lowest BCUT2D eigenvalue weighted by Gasteiger charge is -2.25. The standard InChI is InChI=1S/C11H19NOS/c1-11(9-13)10-14-8-7-12-5-3-2-4-6-12/h9-10H,2-8H2,1H3/b11-10+. The first-order valence-corrected chi connectivity index (χ1v) is 6.33. The van der Waals surface area contributed by atoms with Crippen LogP contribution in [0.15, 0.2) is 11.0 Å². The summed E-state index contributed by atoms with van der Waals surface area (Å²) in [4.78, 5) is 12.8. The molecule has 2 nitrogen and oxygen atoms in total. The van der Waals surface area contributed by atoms with Crippen LogP contribution in [0.2, 0.25) is 0 Å². The van der Waals surface area contributed by atoms with Crippen LogP contribution >= 0.6 is 11.8 Å². The average molecular weight is 213 g/mol. The molecule has 0 saturated carbocycles. The van der Waals surface area contributed by atoms with Crippen LogP contribution in [0.3, 0.4) is 0 Å². The molecule has 1 saturated heterocycles. The number of carbonyl (C=O) groups excluding carboxylic acids is 1. The van der Waals surface area contributed by atoms with Crippen molar-refractivity contribution in [2.75, 3.05) is 25.4 Å². The Morgan fingerprint density at radius 3 is 2.71 bits per heavy atom. The van der Waals surface area contributed by atoms with Gasteiger partial charge in [-0.2, -0.15) is 0 Å². The van der Waals surface area contributed by atoms with Gasteiger partial charge in [-0.3, -0.25) is 4.79 Å². The van der Waals surface area contributed by atoms with Gasteiger partial charge in [0, 0.05) is 12.3 Å². The van der Waals surface area contributed by atoms with E-state index in [4.69, 9.17) is 0 Å². The first kappa shape index (κ1) is 11.8. The molecule has 0 atom stereocenters. The van der Waals surface area contributed by atoms with Crippen molar-refractivity contribution < 1.29 is 4.79 Å². The quantitative estimate of drug-likeness (QED) is 0.397. The molecule has 0 aromatic carbocycles. The SMILES string of the molecule is C/C(C=O)=C\SCCN1CCCCC1. The van der Waals surface area contributed by atoms with Crippen molar-refractivity contribution in [3.63, 3.8) is 0 Å². The van der Waals surface area contributed by atoms with Gasteiger partial charge < -0.3 is 4.90 Å². The zero-order chi connectivity index (χ0) is 10.2. The van der Waals surface area contributed by atoms with Gasteiger partial charge in [0.15, 0.2) is 0 Å². The predicted molar refractivity (Wildman–Crippen MR) is 62.6 cm³/mol.